The zero-order chi connectivity index (χ0) is 21.0. The molecule has 10 heteroatoms. The smallest absolute Gasteiger partial charge is 0.228 e. The van der Waals surface area contributed by atoms with Crippen LogP contribution in [0.1, 0.15) is 12.8 Å². The summed E-state index contributed by atoms with van der Waals surface area (Å²) in [6.45, 7) is 0. The largest absolute Gasteiger partial charge is 0.374 e. The van der Waals surface area contributed by atoms with Crippen molar-refractivity contribution >= 4 is 45.7 Å². The highest BCUT2D eigenvalue weighted by Gasteiger charge is 2.30. The Balaban J connectivity index is 1.65. The summed E-state index contributed by atoms with van der Waals surface area (Å²) in [7, 11) is 3.60. The number of carbonyl (C=O) groups is 1. The minimum Gasteiger partial charge on any atom is -0.374 e. The molecule has 0 spiro atoms. The van der Waals surface area contributed by atoms with Crippen molar-refractivity contribution in [1.29, 1.82) is 0 Å². The van der Waals surface area contributed by atoms with Crippen LogP contribution >= 0.6 is 11.8 Å². The van der Waals surface area contributed by atoms with E-state index in [-0.39, 0.29) is 17.6 Å². The summed E-state index contributed by atoms with van der Waals surface area (Å²) in [6.07, 6.45) is 10.6. The molecule has 154 valence electrons. The molecular formula is C20H20FN7OS. The first-order valence-corrected chi connectivity index (χ1v) is 10.8. The van der Waals surface area contributed by atoms with Gasteiger partial charge in [0.2, 0.25) is 5.91 Å². The van der Waals surface area contributed by atoms with Gasteiger partial charge in [-0.1, -0.05) is 0 Å². The number of benzene rings is 1. The molecule has 1 aliphatic rings. The second-order valence-electron chi connectivity index (χ2n) is 7.55. The van der Waals surface area contributed by atoms with Crippen LogP contribution in [-0.4, -0.2) is 50.8 Å². The molecule has 3 aromatic heterocycles. The van der Waals surface area contributed by atoms with Gasteiger partial charge in [0.1, 0.15) is 0 Å². The molecule has 1 amide bonds. The van der Waals surface area contributed by atoms with Crippen LogP contribution in [0.2, 0.25) is 0 Å². The van der Waals surface area contributed by atoms with E-state index in [4.69, 9.17) is 0 Å². The predicted molar refractivity (Wildman–Crippen MR) is 115 cm³/mol. The van der Waals surface area contributed by atoms with Crippen LogP contribution < -0.4 is 10.2 Å². The van der Waals surface area contributed by atoms with E-state index in [0.717, 1.165) is 18.2 Å². The maximum absolute atomic E-state index is 15.4. The number of nitrogens with one attached hydrogen (secondary N) is 2. The van der Waals surface area contributed by atoms with Crippen molar-refractivity contribution in [3.05, 3.63) is 30.6 Å². The Morgan fingerprint density at radius 2 is 2.13 bits per heavy atom. The van der Waals surface area contributed by atoms with Crippen molar-refractivity contribution in [1.82, 2.24) is 24.6 Å². The first-order chi connectivity index (χ1) is 14.5. The number of anilines is 2. The fourth-order valence-electron chi connectivity index (χ4n) is 3.63. The summed E-state index contributed by atoms with van der Waals surface area (Å²) in [5, 5.41) is 10.7. The molecule has 30 heavy (non-hydrogen) atoms. The fraction of sp³-hybridized carbons (Fsp3) is 0.300. The van der Waals surface area contributed by atoms with E-state index in [2.05, 4.69) is 25.5 Å². The van der Waals surface area contributed by atoms with Crippen LogP contribution in [0.4, 0.5) is 15.9 Å². The summed E-state index contributed by atoms with van der Waals surface area (Å²) >= 11 is 1.33. The molecule has 2 N–H and O–H groups in total. The Labute approximate surface area is 175 Å². The van der Waals surface area contributed by atoms with Gasteiger partial charge in [-0.05, 0) is 19.1 Å². The van der Waals surface area contributed by atoms with E-state index >= 15 is 4.39 Å². The number of thioether (sulfide) groups is 1. The second kappa shape index (κ2) is 6.98. The number of imidazole rings is 1. The van der Waals surface area contributed by atoms with Crippen LogP contribution in [0.25, 0.3) is 27.8 Å². The monoisotopic (exact) mass is 425 g/mol. The molecule has 1 fully saturated rings. The van der Waals surface area contributed by atoms with Gasteiger partial charge in [0.25, 0.3) is 0 Å². The second-order valence-corrected chi connectivity index (χ2v) is 8.37. The zero-order valence-corrected chi connectivity index (χ0v) is 17.5. The molecule has 0 aliphatic heterocycles. The third-order valence-electron chi connectivity index (χ3n) is 5.23. The minimum atomic E-state index is -0.316. The molecule has 4 aromatic rings. The van der Waals surface area contributed by atoms with Gasteiger partial charge in [-0.2, -0.15) is 5.10 Å². The molecule has 0 radical (unpaired) electrons. The van der Waals surface area contributed by atoms with Gasteiger partial charge < -0.3 is 14.6 Å². The number of hydrogen-bond acceptors (Lipinski definition) is 6. The number of H-pyrrole nitrogens is 1. The van der Waals surface area contributed by atoms with E-state index in [1.165, 1.54) is 11.8 Å². The van der Waals surface area contributed by atoms with Crippen molar-refractivity contribution in [2.75, 3.05) is 30.6 Å². The number of amides is 1. The molecule has 0 saturated heterocycles. The number of carbonyl (C=O) groups excluding carboxylic acids is 1. The van der Waals surface area contributed by atoms with Crippen molar-refractivity contribution in [2.24, 2.45) is 5.92 Å². The number of nitrogens with zero attached hydrogens (tertiary/aromatic N) is 5. The number of aromatic amines is 1. The van der Waals surface area contributed by atoms with Gasteiger partial charge >= 0.3 is 0 Å². The zero-order valence-electron chi connectivity index (χ0n) is 16.7. The van der Waals surface area contributed by atoms with Gasteiger partial charge in [0.15, 0.2) is 17.3 Å². The number of hydrogen-bond donors (Lipinski definition) is 2. The molecule has 1 saturated carbocycles. The normalized spacial score (nSPS) is 13.9. The lowest BCUT2D eigenvalue weighted by atomic mass is 10.1. The average Bonchev–Trinajstić information content (AvgIpc) is 3.33. The SMILES string of the molecule is CSc1c(F)c(N(C)C)c2[nH]ncc2c1-c1cn2cc(NC(=O)C3CC3)nc2cn1. The van der Waals surface area contributed by atoms with Crippen LogP contribution in [0, 0.1) is 11.7 Å². The molecule has 0 atom stereocenters. The Kier molecular flexibility index (Phi) is 4.39. The highest BCUT2D eigenvalue weighted by atomic mass is 32.2. The van der Waals surface area contributed by atoms with Gasteiger partial charge in [0.05, 0.1) is 40.4 Å². The van der Waals surface area contributed by atoms with E-state index in [9.17, 15) is 4.79 Å². The van der Waals surface area contributed by atoms with Crippen LogP contribution in [0.5, 0.6) is 0 Å². The van der Waals surface area contributed by atoms with Crippen molar-refractivity contribution in [3.8, 4) is 11.3 Å². The number of rotatable bonds is 5. The lowest BCUT2D eigenvalue weighted by molar-refractivity contribution is -0.117. The van der Waals surface area contributed by atoms with Crippen LogP contribution in [0.3, 0.4) is 0 Å². The van der Waals surface area contributed by atoms with E-state index < -0.39 is 0 Å². The highest BCUT2D eigenvalue weighted by Crippen LogP contribution is 2.42. The molecular weight excluding hydrogens is 405 g/mol. The third-order valence-corrected chi connectivity index (χ3v) is 6.02. The first-order valence-electron chi connectivity index (χ1n) is 9.53. The Bertz CT molecular complexity index is 1290. The summed E-state index contributed by atoms with van der Waals surface area (Å²) < 4.78 is 17.2. The van der Waals surface area contributed by atoms with Gasteiger partial charge in [-0.3, -0.25) is 14.9 Å². The molecule has 0 bridgehead atoms. The quantitative estimate of drug-likeness (QED) is 0.475. The minimum absolute atomic E-state index is 0.00212. The average molecular weight is 425 g/mol. The molecule has 8 nitrogen and oxygen atoms in total. The molecule has 1 aromatic carbocycles. The van der Waals surface area contributed by atoms with Gasteiger partial charge in [-0.15, -0.1) is 11.8 Å². The molecule has 0 unspecified atom stereocenters. The molecule has 5 rings (SSSR count). The topological polar surface area (TPSA) is 91.2 Å². The number of fused-ring (bicyclic) bond motifs is 2. The lowest BCUT2D eigenvalue weighted by Crippen LogP contribution is -2.13. The summed E-state index contributed by atoms with van der Waals surface area (Å²) in [5.74, 6) is 0.264. The van der Waals surface area contributed by atoms with E-state index in [0.29, 0.717) is 38.8 Å². The predicted octanol–water partition coefficient (Wildman–Crippen LogP) is 3.55. The van der Waals surface area contributed by atoms with Crippen molar-refractivity contribution in [2.45, 2.75) is 17.7 Å². The first kappa shape index (κ1) is 18.9. The van der Waals surface area contributed by atoms with E-state index in [1.807, 2.05) is 6.26 Å². The van der Waals surface area contributed by atoms with Crippen molar-refractivity contribution in [3.63, 3.8) is 0 Å². The highest BCUT2D eigenvalue weighted by molar-refractivity contribution is 7.98. The fourth-order valence-corrected chi connectivity index (χ4v) is 4.33. The van der Waals surface area contributed by atoms with Gasteiger partial charge in [0, 0.05) is 37.2 Å². The molecule has 3 heterocycles. The summed E-state index contributed by atoms with van der Waals surface area (Å²) in [4.78, 5) is 23.2. The Hall–Kier alpha value is -3.14. The summed E-state index contributed by atoms with van der Waals surface area (Å²) in [6, 6.07) is 0. The van der Waals surface area contributed by atoms with Crippen LogP contribution in [0.15, 0.2) is 29.7 Å². The maximum atomic E-state index is 15.4. The Morgan fingerprint density at radius 3 is 2.83 bits per heavy atom. The van der Waals surface area contributed by atoms with Crippen LogP contribution in [-0.2, 0) is 4.79 Å². The standard InChI is InChI=1S/C20H20FN7OS/c1-27(2)18-16(21)19(30-3)15(11-6-23-26-17(11)18)12-8-28-9-13(24-14(28)7-22-12)25-20(29)10-4-5-10/h6-10H,4-5H2,1-3H3,(H,23,26)(H,25,29). The third kappa shape index (κ3) is 2.98. The Morgan fingerprint density at radius 1 is 1.33 bits per heavy atom. The van der Waals surface area contributed by atoms with Gasteiger partial charge in [-0.25, -0.2) is 9.37 Å². The maximum Gasteiger partial charge on any atom is 0.228 e. The van der Waals surface area contributed by atoms with Crippen molar-refractivity contribution < 1.29 is 9.18 Å². The number of aromatic nitrogens is 5. The number of halogens is 1. The van der Waals surface area contributed by atoms with E-state index in [1.54, 1.807) is 48.2 Å². The molecule has 1 aliphatic carbocycles. The summed E-state index contributed by atoms with van der Waals surface area (Å²) in [5.41, 5.74) is 2.96. The lowest BCUT2D eigenvalue weighted by Gasteiger charge is -2.19.